The third-order valence-corrected chi connectivity index (χ3v) is 6.07. The number of aryl methyl sites for hydroxylation is 2. The summed E-state index contributed by atoms with van der Waals surface area (Å²) in [6.07, 6.45) is 1.64. The summed E-state index contributed by atoms with van der Waals surface area (Å²) in [5.41, 5.74) is 0. The Labute approximate surface area is 148 Å². The van der Waals surface area contributed by atoms with Crippen LogP contribution in [-0.2, 0) is 21.9 Å². The molecule has 2 N–H and O–H groups in total. The standard InChI is InChI=1S/C14H23N5O3S.ClH/c1-10-17-13(9-18(10)2)23(21,22)16-4-3-14(20)19-7-11-5-15-6-12(11)8-19;/h9,11-12,15-16H,3-8H2,1-2H3;1H/t11-,12+;. The highest BCUT2D eigenvalue weighted by atomic mass is 35.5. The molecule has 2 fully saturated rings. The zero-order valence-electron chi connectivity index (χ0n) is 13.9. The van der Waals surface area contributed by atoms with Crippen molar-refractivity contribution >= 4 is 28.3 Å². The topological polar surface area (TPSA) is 96.3 Å². The van der Waals surface area contributed by atoms with E-state index in [0.717, 1.165) is 26.2 Å². The second-order valence-electron chi connectivity index (χ2n) is 6.36. The number of nitrogens with one attached hydrogen (secondary N) is 2. The van der Waals surface area contributed by atoms with Crippen molar-refractivity contribution in [3.63, 3.8) is 0 Å². The van der Waals surface area contributed by atoms with Gasteiger partial charge < -0.3 is 14.8 Å². The maximum absolute atomic E-state index is 12.2. The van der Waals surface area contributed by atoms with Crippen LogP contribution in [0.4, 0.5) is 0 Å². The molecule has 2 aliphatic heterocycles. The first kappa shape index (κ1) is 19.2. The van der Waals surface area contributed by atoms with Crippen LogP contribution < -0.4 is 10.0 Å². The summed E-state index contributed by atoms with van der Waals surface area (Å²) >= 11 is 0. The molecule has 24 heavy (non-hydrogen) atoms. The molecule has 0 bridgehead atoms. The molecule has 1 aromatic heterocycles. The number of nitrogens with zero attached hydrogens (tertiary/aromatic N) is 3. The highest BCUT2D eigenvalue weighted by molar-refractivity contribution is 7.89. The minimum absolute atomic E-state index is 0. The highest BCUT2D eigenvalue weighted by Gasteiger charge is 2.37. The van der Waals surface area contributed by atoms with Crippen LogP contribution in [0.25, 0.3) is 0 Å². The van der Waals surface area contributed by atoms with Gasteiger partial charge in [0.15, 0.2) is 5.03 Å². The summed E-state index contributed by atoms with van der Waals surface area (Å²) in [6.45, 7) is 5.34. The number of hydrogen-bond acceptors (Lipinski definition) is 5. The molecule has 1 aromatic rings. The molecule has 2 atom stereocenters. The number of carbonyl (C=O) groups excluding carboxylic acids is 1. The van der Waals surface area contributed by atoms with E-state index in [1.165, 1.54) is 6.20 Å². The largest absolute Gasteiger partial charge is 0.342 e. The van der Waals surface area contributed by atoms with Crippen molar-refractivity contribution in [3.05, 3.63) is 12.0 Å². The Morgan fingerprint density at radius 1 is 1.38 bits per heavy atom. The molecule has 10 heteroatoms. The maximum atomic E-state index is 12.2. The van der Waals surface area contributed by atoms with Crippen molar-refractivity contribution in [1.29, 1.82) is 0 Å². The molecule has 3 rings (SSSR count). The summed E-state index contributed by atoms with van der Waals surface area (Å²) in [4.78, 5) is 18.1. The van der Waals surface area contributed by atoms with E-state index in [-0.39, 0.29) is 36.3 Å². The van der Waals surface area contributed by atoms with E-state index in [0.29, 0.717) is 17.7 Å². The van der Waals surface area contributed by atoms with Crippen molar-refractivity contribution in [2.24, 2.45) is 18.9 Å². The molecule has 8 nitrogen and oxygen atoms in total. The molecule has 3 heterocycles. The monoisotopic (exact) mass is 377 g/mol. The van der Waals surface area contributed by atoms with Gasteiger partial charge in [0.1, 0.15) is 5.82 Å². The molecule has 136 valence electrons. The number of aromatic nitrogens is 2. The van der Waals surface area contributed by atoms with Crippen molar-refractivity contribution < 1.29 is 13.2 Å². The average Bonchev–Trinajstić information content (AvgIpc) is 3.14. The highest BCUT2D eigenvalue weighted by Crippen LogP contribution is 2.26. The second kappa shape index (κ2) is 7.38. The van der Waals surface area contributed by atoms with Crippen LogP contribution in [0, 0.1) is 18.8 Å². The smallest absolute Gasteiger partial charge is 0.259 e. The number of hydrogen-bond donors (Lipinski definition) is 2. The zero-order valence-corrected chi connectivity index (χ0v) is 15.5. The zero-order chi connectivity index (χ0) is 16.6. The van der Waals surface area contributed by atoms with E-state index in [4.69, 9.17) is 0 Å². The first-order valence-electron chi connectivity index (χ1n) is 7.85. The minimum atomic E-state index is -3.66. The Hall–Kier alpha value is -1.16. The SMILES string of the molecule is Cc1nc(S(=O)(=O)NCCC(=O)N2C[C@H]3CNC[C@H]3C2)cn1C.Cl. The molecule has 0 aromatic carbocycles. The van der Waals surface area contributed by atoms with Gasteiger partial charge in [-0.05, 0) is 18.8 Å². The van der Waals surface area contributed by atoms with Crippen LogP contribution in [0.3, 0.4) is 0 Å². The summed E-state index contributed by atoms with van der Waals surface area (Å²) in [5, 5.41) is 3.33. The molecule has 0 unspecified atom stereocenters. The third kappa shape index (κ3) is 3.90. The molecule has 0 spiro atoms. The number of rotatable bonds is 5. The Bertz CT molecular complexity index is 674. The Kier molecular flexibility index (Phi) is 5.90. The molecule has 0 saturated carbocycles. The fourth-order valence-corrected chi connectivity index (χ4v) is 4.31. The van der Waals surface area contributed by atoms with Gasteiger partial charge in [-0.1, -0.05) is 0 Å². The van der Waals surface area contributed by atoms with Gasteiger partial charge in [0.25, 0.3) is 10.0 Å². The summed E-state index contributed by atoms with van der Waals surface area (Å²) in [7, 11) is -1.92. The number of fused-ring (bicyclic) bond motifs is 1. The lowest BCUT2D eigenvalue weighted by Crippen LogP contribution is -2.35. The second-order valence-corrected chi connectivity index (χ2v) is 8.08. The normalized spacial score (nSPS) is 23.2. The Morgan fingerprint density at radius 3 is 2.54 bits per heavy atom. The van der Waals surface area contributed by atoms with Crippen LogP contribution in [0.2, 0.25) is 0 Å². The minimum Gasteiger partial charge on any atom is -0.342 e. The predicted octanol–water partition coefficient (Wildman–Crippen LogP) is -0.503. The Balaban J connectivity index is 0.00000208. The van der Waals surface area contributed by atoms with Crippen LogP contribution in [0.15, 0.2) is 11.2 Å². The van der Waals surface area contributed by atoms with Gasteiger partial charge in [0, 0.05) is 52.4 Å². The van der Waals surface area contributed by atoms with E-state index >= 15 is 0 Å². The third-order valence-electron chi connectivity index (χ3n) is 4.74. The fraction of sp³-hybridized carbons (Fsp3) is 0.714. The number of carbonyl (C=O) groups is 1. The first-order chi connectivity index (χ1) is 10.9. The molecule has 1 amide bonds. The summed E-state index contributed by atoms with van der Waals surface area (Å²) in [5.74, 6) is 1.73. The molecule has 2 aliphatic rings. The summed E-state index contributed by atoms with van der Waals surface area (Å²) < 4.78 is 28.4. The van der Waals surface area contributed by atoms with E-state index in [1.54, 1.807) is 18.5 Å². The average molecular weight is 378 g/mol. The maximum Gasteiger partial charge on any atom is 0.259 e. The molecule has 0 radical (unpaired) electrons. The van der Waals surface area contributed by atoms with Gasteiger partial charge in [-0.3, -0.25) is 4.79 Å². The number of sulfonamides is 1. The summed E-state index contributed by atoms with van der Waals surface area (Å²) in [6, 6.07) is 0. The lowest BCUT2D eigenvalue weighted by atomic mass is 10.0. The van der Waals surface area contributed by atoms with Crippen LogP contribution in [0.1, 0.15) is 12.2 Å². The number of imidazole rings is 1. The van der Waals surface area contributed by atoms with Crippen molar-refractivity contribution in [2.75, 3.05) is 32.7 Å². The van der Waals surface area contributed by atoms with Crippen LogP contribution in [0.5, 0.6) is 0 Å². The molecule has 0 aliphatic carbocycles. The quantitative estimate of drug-likeness (QED) is 0.721. The van der Waals surface area contributed by atoms with Gasteiger partial charge in [-0.25, -0.2) is 18.1 Å². The van der Waals surface area contributed by atoms with E-state index in [2.05, 4.69) is 15.0 Å². The van der Waals surface area contributed by atoms with Crippen molar-refractivity contribution in [1.82, 2.24) is 24.5 Å². The van der Waals surface area contributed by atoms with Gasteiger partial charge in [-0.15, -0.1) is 12.4 Å². The van der Waals surface area contributed by atoms with Gasteiger partial charge in [0.05, 0.1) is 0 Å². The molecule has 2 saturated heterocycles. The predicted molar refractivity (Wildman–Crippen MR) is 91.4 cm³/mol. The number of amides is 1. The molecular formula is C14H24ClN5O3S. The lowest BCUT2D eigenvalue weighted by molar-refractivity contribution is -0.130. The fourth-order valence-electron chi connectivity index (χ4n) is 3.24. The van der Waals surface area contributed by atoms with Crippen LogP contribution in [-0.4, -0.2) is 61.5 Å². The van der Waals surface area contributed by atoms with Crippen molar-refractivity contribution in [3.8, 4) is 0 Å². The lowest BCUT2D eigenvalue weighted by Gasteiger charge is -2.17. The van der Waals surface area contributed by atoms with E-state index in [9.17, 15) is 13.2 Å². The van der Waals surface area contributed by atoms with E-state index < -0.39 is 10.0 Å². The van der Waals surface area contributed by atoms with Gasteiger partial charge >= 0.3 is 0 Å². The van der Waals surface area contributed by atoms with Crippen molar-refractivity contribution in [2.45, 2.75) is 18.4 Å². The van der Waals surface area contributed by atoms with E-state index in [1.807, 2.05) is 4.90 Å². The molecular weight excluding hydrogens is 354 g/mol. The number of halogens is 1. The van der Waals surface area contributed by atoms with Gasteiger partial charge in [0.2, 0.25) is 5.91 Å². The first-order valence-corrected chi connectivity index (χ1v) is 9.33. The van der Waals surface area contributed by atoms with Crippen LogP contribution >= 0.6 is 12.4 Å². The number of likely N-dealkylation sites (tertiary alicyclic amines) is 1. The Morgan fingerprint density at radius 2 is 2.00 bits per heavy atom. The van der Waals surface area contributed by atoms with Gasteiger partial charge in [-0.2, -0.15) is 0 Å².